The van der Waals surface area contributed by atoms with Crippen LogP contribution in [-0.4, -0.2) is 37.2 Å². The van der Waals surface area contributed by atoms with Crippen LogP contribution in [0.15, 0.2) is 85.1 Å². The van der Waals surface area contributed by atoms with Crippen LogP contribution in [0.1, 0.15) is 213 Å². The van der Waals surface area contributed by atoms with Gasteiger partial charge in [0, 0.05) is 19.3 Å². The van der Waals surface area contributed by atoms with E-state index in [1.54, 1.807) is 0 Å². The maximum atomic E-state index is 12.7. The number of rotatable bonds is 42. The largest absolute Gasteiger partial charge is 0.462 e. The van der Waals surface area contributed by atoms with E-state index in [1.165, 1.54) is 89.9 Å². The highest BCUT2D eigenvalue weighted by molar-refractivity contribution is 5.71. The van der Waals surface area contributed by atoms with Crippen molar-refractivity contribution in [1.82, 2.24) is 0 Å². The quantitative estimate of drug-likeness (QED) is 0.0264. The van der Waals surface area contributed by atoms with E-state index in [-0.39, 0.29) is 38.0 Å². The van der Waals surface area contributed by atoms with Gasteiger partial charge < -0.3 is 14.2 Å². The first-order valence-corrected chi connectivity index (χ1v) is 24.1. The molecule has 59 heavy (non-hydrogen) atoms. The lowest BCUT2D eigenvalue weighted by molar-refractivity contribution is -0.166. The summed E-state index contributed by atoms with van der Waals surface area (Å²) in [4.78, 5) is 37.8. The van der Waals surface area contributed by atoms with E-state index < -0.39 is 12.1 Å². The van der Waals surface area contributed by atoms with Crippen molar-refractivity contribution < 1.29 is 28.6 Å². The fourth-order valence-corrected chi connectivity index (χ4v) is 6.29. The Bertz CT molecular complexity index is 1170. The summed E-state index contributed by atoms with van der Waals surface area (Å²) in [5.41, 5.74) is 0. The highest BCUT2D eigenvalue weighted by atomic mass is 16.6. The summed E-state index contributed by atoms with van der Waals surface area (Å²) in [5, 5.41) is 0. The Morgan fingerprint density at radius 2 is 0.712 bits per heavy atom. The molecule has 0 heterocycles. The zero-order valence-electron chi connectivity index (χ0n) is 38.2. The molecule has 0 amide bonds. The van der Waals surface area contributed by atoms with Gasteiger partial charge in [-0.3, -0.25) is 14.4 Å². The molecule has 0 aliphatic rings. The molecule has 6 nitrogen and oxygen atoms in total. The van der Waals surface area contributed by atoms with Gasteiger partial charge in [0.05, 0.1) is 0 Å². The second-order valence-corrected chi connectivity index (χ2v) is 15.6. The molecule has 0 aliphatic heterocycles. The summed E-state index contributed by atoms with van der Waals surface area (Å²) in [6.45, 7) is 6.39. The molecule has 0 fully saturated rings. The molecule has 0 aromatic heterocycles. The van der Waals surface area contributed by atoms with E-state index in [1.807, 2.05) is 6.08 Å². The molecule has 0 spiro atoms. The Hall–Kier alpha value is -3.41. The molecule has 6 heteroatoms. The lowest BCUT2D eigenvalue weighted by Gasteiger charge is -2.18. The van der Waals surface area contributed by atoms with E-state index in [2.05, 4.69) is 99.8 Å². The summed E-state index contributed by atoms with van der Waals surface area (Å²) < 4.78 is 16.6. The number of hydrogen-bond acceptors (Lipinski definition) is 6. The van der Waals surface area contributed by atoms with Crippen molar-refractivity contribution in [1.29, 1.82) is 0 Å². The van der Waals surface area contributed by atoms with E-state index in [9.17, 15) is 14.4 Å². The van der Waals surface area contributed by atoms with Crippen LogP contribution in [0.5, 0.6) is 0 Å². The average Bonchev–Trinajstić information content (AvgIpc) is 3.23. The van der Waals surface area contributed by atoms with Crippen LogP contribution in [0, 0.1) is 0 Å². The summed E-state index contributed by atoms with van der Waals surface area (Å²) in [7, 11) is 0. The van der Waals surface area contributed by atoms with Crippen LogP contribution < -0.4 is 0 Å². The highest BCUT2D eigenvalue weighted by Crippen LogP contribution is 2.13. The Balaban J connectivity index is 4.54. The molecular weight excluding hydrogens is 733 g/mol. The van der Waals surface area contributed by atoms with E-state index in [0.717, 1.165) is 70.6 Å². The Kier molecular flexibility index (Phi) is 44.5. The summed E-state index contributed by atoms with van der Waals surface area (Å²) in [5.74, 6) is -1.05. The van der Waals surface area contributed by atoms with Gasteiger partial charge in [0.25, 0.3) is 0 Å². The zero-order valence-corrected chi connectivity index (χ0v) is 38.2. The normalized spacial score (nSPS) is 12.8. The van der Waals surface area contributed by atoms with Gasteiger partial charge >= 0.3 is 17.9 Å². The number of hydrogen-bond donors (Lipinski definition) is 0. The van der Waals surface area contributed by atoms with Crippen molar-refractivity contribution in [3.8, 4) is 0 Å². The van der Waals surface area contributed by atoms with Crippen molar-refractivity contribution in [2.24, 2.45) is 0 Å². The fraction of sp³-hybridized carbons (Fsp3) is 0.679. The van der Waals surface area contributed by atoms with Crippen molar-refractivity contribution >= 4 is 17.9 Å². The molecule has 1 unspecified atom stereocenters. The van der Waals surface area contributed by atoms with Crippen LogP contribution in [0.4, 0.5) is 0 Å². The van der Waals surface area contributed by atoms with Gasteiger partial charge in [0.1, 0.15) is 13.2 Å². The predicted molar refractivity (Wildman–Crippen MR) is 251 cm³/mol. The van der Waals surface area contributed by atoms with Crippen LogP contribution in [0.2, 0.25) is 0 Å². The highest BCUT2D eigenvalue weighted by Gasteiger charge is 2.19. The molecule has 0 saturated carbocycles. The number of allylic oxidation sites excluding steroid dienone is 14. The SMILES string of the molecule is CC/C=C\C/C=C\C/C=C\C/C=C\C/C=C\CCCC(=O)OCC(COC(=O)CCCCCCCCCCCCC)OC(=O)CC/C=C\C/C=C\CCCCCCCC. The van der Waals surface area contributed by atoms with Gasteiger partial charge in [-0.2, -0.15) is 0 Å². The third kappa shape index (κ3) is 45.5. The molecular formula is C53H88O6. The molecule has 0 aromatic rings. The Labute approximate surface area is 363 Å². The minimum absolute atomic E-state index is 0.116. The molecule has 336 valence electrons. The summed E-state index contributed by atoms with van der Waals surface area (Å²) in [6, 6.07) is 0. The monoisotopic (exact) mass is 821 g/mol. The Morgan fingerprint density at radius 3 is 1.17 bits per heavy atom. The van der Waals surface area contributed by atoms with Crippen LogP contribution in [0.25, 0.3) is 0 Å². The maximum Gasteiger partial charge on any atom is 0.306 e. The smallest absolute Gasteiger partial charge is 0.306 e. The van der Waals surface area contributed by atoms with Crippen molar-refractivity contribution in [2.75, 3.05) is 13.2 Å². The van der Waals surface area contributed by atoms with Crippen molar-refractivity contribution in [2.45, 2.75) is 219 Å². The van der Waals surface area contributed by atoms with Crippen LogP contribution in [0.3, 0.4) is 0 Å². The van der Waals surface area contributed by atoms with Gasteiger partial charge in [-0.05, 0) is 77.0 Å². The van der Waals surface area contributed by atoms with Gasteiger partial charge in [0.15, 0.2) is 6.10 Å². The lowest BCUT2D eigenvalue weighted by atomic mass is 10.1. The molecule has 0 bridgehead atoms. The number of unbranched alkanes of at least 4 members (excludes halogenated alkanes) is 17. The average molecular weight is 821 g/mol. The molecule has 0 aromatic carbocycles. The summed E-state index contributed by atoms with van der Waals surface area (Å²) >= 11 is 0. The summed E-state index contributed by atoms with van der Waals surface area (Å²) in [6.07, 6.45) is 60.1. The first kappa shape index (κ1) is 55.6. The Morgan fingerprint density at radius 1 is 0.356 bits per heavy atom. The third-order valence-corrected chi connectivity index (χ3v) is 9.90. The van der Waals surface area contributed by atoms with Crippen LogP contribution >= 0.6 is 0 Å². The molecule has 0 rings (SSSR count). The van der Waals surface area contributed by atoms with Gasteiger partial charge in [-0.15, -0.1) is 0 Å². The third-order valence-electron chi connectivity index (χ3n) is 9.90. The number of ether oxygens (including phenoxy) is 3. The van der Waals surface area contributed by atoms with E-state index in [0.29, 0.717) is 19.3 Å². The number of esters is 3. The molecule has 0 N–H and O–H groups in total. The standard InChI is InChI=1S/C53H88O6/c1-4-7-10-13-16-19-22-24-25-26-27-29-31-34-37-40-43-46-52(55)58-49-50(48-57-51(54)45-42-39-36-33-30-21-18-15-12-9-6-3)59-53(56)47-44-41-38-35-32-28-23-20-17-14-11-8-5-2/h7,10,16,19,24-25,27-29,32,34,37-38,41,50H,4-6,8-9,11-15,17-18,20-23,26,30-31,33,35-36,39-40,42-49H2,1-3H3/b10-7-,19-16-,25-24-,29-27-,32-28-,37-34-,41-38-. The maximum absolute atomic E-state index is 12.7. The fourth-order valence-electron chi connectivity index (χ4n) is 6.29. The first-order valence-electron chi connectivity index (χ1n) is 24.1. The van der Waals surface area contributed by atoms with Crippen LogP contribution in [-0.2, 0) is 28.6 Å². The topological polar surface area (TPSA) is 78.9 Å². The van der Waals surface area contributed by atoms with Gasteiger partial charge in [0.2, 0.25) is 0 Å². The molecule has 0 radical (unpaired) electrons. The second-order valence-electron chi connectivity index (χ2n) is 15.6. The minimum atomic E-state index is -0.826. The van der Waals surface area contributed by atoms with E-state index in [4.69, 9.17) is 14.2 Å². The van der Waals surface area contributed by atoms with E-state index >= 15 is 0 Å². The minimum Gasteiger partial charge on any atom is -0.462 e. The molecule has 0 aliphatic carbocycles. The van der Waals surface area contributed by atoms with Gasteiger partial charge in [-0.1, -0.05) is 202 Å². The molecule has 0 saturated heterocycles. The predicted octanol–water partition coefficient (Wildman–Crippen LogP) is 15.6. The second kappa shape index (κ2) is 47.3. The number of carbonyl (C=O) groups is 3. The zero-order chi connectivity index (χ0) is 43.0. The lowest BCUT2D eigenvalue weighted by Crippen LogP contribution is -2.30. The molecule has 1 atom stereocenters. The van der Waals surface area contributed by atoms with Gasteiger partial charge in [-0.25, -0.2) is 0 Å². The first-order chi connectivity index (χ1) is 29.0. The van der Waals surface area contributed by atoms with Crippen molar-refractivity contribution in [3.63, 3.8) is 0 Å². The van der Waals surface area contributed by atoms with Crippen molar-refractivity contribution in [3.05, 3.63) is 85.1 Å². The number of carbonyl (C=O) groups excluding carboxylic acids is 3.